The van der Waals surface area contributed by atoms with Crippen LogP contribution in [0, 0.1) is 35.4 Å². The van der Waals surface area contributed by atoms with Crippen LogP contribution in [0.4, 0.5) is 4.39 Å². The maximum Gasteiger partial charge on any atom is 0.169 e. The molecule has 1 aromatic rings. The lowest BCUT2D eigenvalue weighted by Crippen LogP contribution is -2.48. The lowest BCUT2D eigenvalue weighted by Gasteiger charge is -2.53. The summed E-state index contributed by atoms with van der Waals surface area (Å²) in [5.74, 6) is 2.45. The molecular formula is C17H18BrFO. The highest BCUT2D eigenvalue weighted by molar-refractivity contribution is 9.10. The third kappa shape index (κ3) is 1.89. The SMILES string of the molecule is O=C(c1cccc(Br)c1F)C1C2CC3CC(C2)CC1C3. The van der Waals surface area contributed by atoms with Gasteiger partial charge >= 0.3 is 0 Å². The Hall–Kier alpha value is -0.700. The van der Waals surface area contributed by atoms with Gasteiger partial charge in [0.2, 0.25) is 0 Å². The first-order valence-electron chi connectivity index (χ1n) is 7.61. The first kappa shape index (κ1) is 13.0. The molecule has 0 unspecified atom stereocenters. The Kier molecular flexibility index (Phi) is 3.03. The minimum absolute atomic E-state index is 0.0533. The number of benzene rings is 1. The standard InChI is InChI=1S/C17H18BrFO/c18-14-3-1-2-13(16(14)19)17(20)15-11-5-9-4-10(7-11)8-12(15)6-9/h1-3,9-12,15H,4-8H2. The molecule has 4 bridgehead atoms. The Morgan fingerprint density at radius 2 is 1.65 bits per heavy atom. The van der Waals surface area contributed by atoms with E-state index in [0.717, 1.165) is 11.8 Å². The van der Waals surface area contributed by atoms with Gasteiger partial charge in [0.15, 0.2) is 5.78 Å². The Labute approximate surface area is 127 Å². The zero-order chi connectivity index (χ0) is 13.9. The number of ketones is 1. The zero-order valence-corrected chi connectivity index (χ0v) is 12.9. The van der Waals surface area contributed by atoms with E-state index < -0.39 is 0 Å². The van der Waals surface area contributed by atoms with Crippen LogP contribution in [0.2, 0.25) is 0 Å². The van der Waals surface area contributed by atoms with Crippen molar-refractivity contribution in [1.82, 2.24) is 0 Å². The van der Waals surface area contributed by atoms with E-state index in [-0.39, 0.29) is 23.1 Å². The zero-order valence-electron chi connectivity index (χ0n) is 11.3. The van der Waals surface area contributed by atoms with E-state index in [9.17, 15) is 9.18 Å². The van der Waals surface area contributed by atoms with Gasteiger partial charge in [-0.2, -0.15) is 0 Å². The molecule has 0 amide bonds. The summed E-state index contributed by atoms with van der Waals surface area (Å²) in [7, 11) is 0. The maximum atomic E-state index is 14.2. The van der Waals surface area contributed by atoms with E-state index in [1.54, 1.807) is 18.2 Å². The first-order valence-corrected chi connectivity index (χ1v) is 8.41. The molecule has 0 saturated heterocycles. The van der Waals surface area contributed by atoms with Crippen molar-refractivity contribution in [3.05, 3.63) is 34.1 Å². The van der Waals surface area contributed by atoms with Crippen LogP contribution < -0.4 is 0 Å². The summed E-state index contributed by atoms with van der Waals surface area (Å²) in [6.45, 7) is 0. The molecule has 20 heavy (non-hydrogen) atoms. The molecule has 106 valence electrons. The molecule has 0 aromatic heterocycles. The van der Waals surface area contributed by atoms with Crippen LogP contribution in [0.25, 0.3) is 0 Å². The van der Waals surface area contributed by atoms with Crippen molar-refractivity contribution in [2.45, 2.75) is 32.1 Å². The largest absolute Gasteiger partial charge is 0.294 e. The van der Waals surface area contributed by atoms with Crippen molar-refractivity contribution < 1.29 is 9.18 Å². The number of hydrogen-bond acceptors (Lipinski definition) is 1. The summed E-state index contributed by atoms with van der Waals surface area (Å²) in [5.41, 5.74) is 0.289. The molecule has 4 fully saturated rings. The molecule has 0 aliphatic heterocycles. The average molecular weight is 337 g/mol. The van der Waals surface area contributed by atoms with E-state index in [2.05, 4.69) is 15.9 Å². The van der Waals surface area contributed by atoms with Gasteiger partial charge in [-0.3, -0.25) is 4.79 Å². The molecule has 1 aromatic carbocycles. The molecule has 0 heterocycles. The lowest BCUT2D eigenvalue weighted by molar-refractivity contribution is -0.0252. The quantitative estimate of drug-likeness (QED) is 0.706. The maximum absolute atomic E-state index is 14.2. The summed E-state index contributed by atoms with van der Waals surface area (Å²) in [6.07, 6.45) is 6.15. The number of carbonyl (C=O) groups excluding carboxylic acids is 1. The van der Waals surface area contributed by atoms with Gasteiger partial charge in [0.1, 0.15) is 5.82 Å². The van der Waals surface area contributed by atoms with Gasteiger partial charge < -0.3 is 0 Å². The number of Topliss-reactive ketones (excluding diaryl/α,β-unsaturated/α-hetero) is 1. The third-order valence-electron chi connectivity index (χ3n) is 5.75. The molecule has 1 nitrogen and oxygen atoms in total. The molecule has 0 N–H and O–H groups in total. The van der Waals surface area contributed by atoms with Crippen LogP contribution >= 0.6 is 15.9 Å². The fourth-order valence-corrected chi connectivity index (χ4v) is 5.59. The van der Waals surface area contributed by atoms with Crippen LogP contribution in [0.1, 0.15) is 42.5 Å². The second kappa shape index (κ2) is 4.66. The average Bonchev–Trinajstić information content (AvgIpc) is 2.40. The van der Waals surface area contributed by atoms with E-state index in [1.165, 1.54) is 32.1 Å². The summed E-state index contributed by atoms with van der Waals surface area (Å²) in [6, 6.07) is 5.06. The highest BCUT2D eigenvalue weighted by atomic mass is 79.9. The van der Waals surface area contributed by atoms with Crippen LogP contribution in [0.15, 0.2) is 22.7 Å². The third-order valence-corrected chi connectivity index (χ3v) is 6.36. The van der Waals surface area contributed by atoms with Gasteiger partial charge in [-0.15, -0.1) is 0 Å². The van der Waals surface area contributed by atoms with Crippen LogP contribution in [0.5, 0.6) is 0 Å². The number of hydrogen-bond donors (Lipinski definition) is 0. The van der Waals surface area contributed by atoms with E-state index in [4.69, 9.17) is 0 Å². The Morgan fingerprint density at radius 3 is 2.25 bits per heavy atom. The monoisotopic (exact) mass is 336 g/mol. The molecule has 4 saturated carbocycles. The van der Waals surface area contributed by atoms with Crippen LogP contribution in [0.3, 0.4) is 0 Å². The van der Waals surface area contributed by atoms with Crippen molar-refractivity contribution >= 4 is 21.7 Å². The number of carbonyl (C=O) groups is 1. The van der Waals surface area contributed by atoms with Crippen molar-refractivity contribution in [3.63, 3.8) is 0 Å². The molecule has 0 radical (unpaired) electrons. The van der Waals surface area contributed by atoms with Crippen molar-refractivity contribution in [2.24, 2.45) is 29.6 Å². The van der Waals surface area contributed by atoms with Gasteiger partial charge in [0, 0.05) is 5.92 Å². The molecule has 0 spiro atoms. The number of rotatable bonds is 2. The summed E-state index contributed by atoms with van der Waals surface area (Å²) in [4.78, 5) is 12.8. The molecular weight excluding hydrogens is 319 g/mol. The fraction of sp³-hybridized carbons (Fsp3) is 0.588. The second-order valence-electron chi connectivity index (χ2n) is 6.92. The van der Waals surface area contributed by atoms with Crippen molar-refractivity contribution in [3.8, 4) is 0 Å². The lowest BCUT2D eigenvalue weighted by atomic mass is 9.51. The smallest absolute Gasteiger partial charge is 0.169 e. The minimum Gasteiger partial charge on any atom is -0.294 e. The molecule has 5 rings (SSSR count). The second-order valence-corrected chi connectivity index (χ2v) is 7.78. The molecule has 3 heteroatoms. The van der Waals surface area contributed by atoms with Gasteiger partial charge in [-0.25, -0.2) is 4.39 Å². The summed E-state index contributed by atoms with van der Waals surface area (Å²) >= 11 is 3.19. The Morgan fingerprint density at radius 1 is 1.05 bits per heavy atom. The van der Waals surface area contributed by atoms with Crippen LogP contribution in [-0.4, -0.2) is 5.78 Å². The van der Waals surface area contributed by atoms with Crippen molar-refractivity contribution in [1.29, 1.82) is 0 Å². The van der Waals surface area contributed by atoms with E-state index >= 15 is 0 Å². The normalized spacial score (nSPS) is 38.2. The minimum atomic E-state index is -0.383. The van der Waals surface area contributed by atoms with E-state index in [1.807, 2.05) is 0 Å². The number of halogens is 2. The van der Waals surface area contributed by atoms with Gasteiger partial charge in [0.05, 0.1) is 10.0 Å². The molecule has 4 aliphatic carbocycles. The fourth-order valence-electron chi connectivity index (χ4n) is 5.23. The van der Waals surface area contributed by atoms with Crippen molar-refractivity contribution in [2.75, 3.05) is 0 Å². The Bertz CT molecular complexity index is 540. The topological polar surface area (TPSA) is 17.1 Å². The predicted molar refractivity (Wildman–Crippen MR) is 79.0 cm³/mol. The highest BCUT2D eigenvalue weighted by Crippen LogP contribution is 2.57. The molecule has 0 atom stereocenters. The summed E-state index contributed by atoms with van der Waals surface area (Å²) < 4.78 is 14.6. The van der Waals surface area contributed by atoms with Crippen LogP contribution in [-0.2, 0) is 0 Å². The van der Waals surface area contributed by atoms with Gasteiger partial charge in [-0.1, -0.05) is 6.07 Å². The summed E-state index contributed by atoms with van der Waals surface area (Å²) in [5, 5.41) is 0. The Balaban J connectivity index is 1.67. The van der Waals surface area contributed by atoms with E-state index in [0.29, 0.717) is 16.3 Å². The first-order chi connectivity index (χ1) is 9.63. The van der Waals surface area contributed by atoms with Gasteiger partial charge in [-0.05, 0) is 83.8 Å². The predicted octanol–water partition coefficient (Wildman–Crippen LogP) is 4.84. The highest BCUT2D eigenvalue weighted by Gasteiger charge is 2.51. The molecule has 4 aliphatic rings. The van der Waals surface area contributed by atoms with Gasteiger partial charge in [0.25, 0.3) is 0 Å².